The van der Waals surface area contributed by atoms with Crippen molar-refractivity contribution in [1.82, 2.24) is 5.32 Å². The number of nitriles is 1. The lowest BCUT2D eigenvalue weighted by Gasteiger charge is -2.10. The molecule has 6 heteroatoms. The lowest BCUT2D eigenvalue weighted by atomic mass is 10.1. The Balaban J connectivity index is 2.22. The first-order valence-corrected chi connectivity index (χ1v) is 6.78. The molecule has 0 aromatic heterocycles. The van der Waals surface area contributed by atoms with Gasteiger partial charge in [-0.1, -0.05) is 25.0 Å². The molecule has 1 aliphatic rings. The minimum atomic E-state index is -0.532. The van der Waals surface area contributed by atoms with Crippen LogP contribution in [0.2, 0.25) is 0 Å². The average Bonchev–Trinajstić information content (AvgIpc) is 2.97. The van der Waals surface area contributed by atoms with E-state index < -0.39 is 10.8 Å². The quantitative estimate of drug-likeness (QED) is 0.398. The Morgan fingerprint density at radius 1 is 1.38 bits per heavy atom. The number of amides is 1. The van der Waals surface area contributed by atoms with Gasteiger partial charge in [0.2, 0.25) is 0 Å². The van der Waals surface area contributed by atoms with E-state index in [1.165, 1.54) is 18.2 Å². The van der Waals surface area contributed by atoms with Gasteiger partial charge in [-0.3, -0.25) is 14.9 Å². The van der Waals surface area contributed by atoms with Crippen LogP contribution in [-0.4, -0.2) is 16.9 Å². The van der Waals surface area contributed by atoms with Gasteiger partial charge in [0.05, 0.1) is 10.5 Å². The summed E-state index contributed by atoms with van der Waals surface area (Å²) in [5.41, 5.74) is 0.00994. The van der Waals surface area contributed by atoms with Gasteiger partial charge in [0, 0.05) is 12.1 Å². The zero-order chi connectivity index (χ0) is 15.2. The van der Waals surface area contributed by atoms with Crippen LogP contribution >= 0.6 is 0 Å². The van der Waals surface area contributed by atoms with Gasteiger partial charge in [0.1, 0.15) is 11.6 Å². The minimum Gasteiger partial charge on any atom is -0.349 e. The molecule has 0 radical (unpaired) electrons. The van der Waals surface area contributed by atoms with Gasteiger partial charge in [0.25, 0.3) is 11.6 Å². The van der Waals surface area contributed by atoms with Crippen molar-refractivity contribution in [3.8, 4) is 6.07 Å². The number of rotatable bonds is 4. The molecule has 0 bridgehead atoms. The number of nitrogens with zero attached hydrogens (tertiary/aromatic N) is 2. The Morgan fingerprint density at radius 2 is 2.05 bits per heavy atom. The number of carbonyl (C=O) groups excluding carboxylic acids is 1. The number of para-hydroxylation sites is 1. The molecule has 21 heavy (non-hydrogen) atoms. The molecule has 0 unspecified atom stereocenters. The number of nitrogens with one attached hydrogen (secondary N) is 1. The van der Waals surface area contributed by atoms with E-state index in [9.17, 15) is 14.9 Å². The van der Waals surface area contributed by atoms with Crippen molar-refractivity contribution in [3.05, 3.63) is 45.5 Å². The number of hydrogen-bond acceptors (Lipinski definition) is 4. The van der Waals surface area contributed by atoms with Crippen LogP contribution in [0.1, 0.15) is 31.2 Å². The molecule has 2 rings (SSSR count). The first-order valence-electron chi connectivity index (χ1n) is 6.78. The zero-order valence-corrected chi connectivity index (χ0v) is 11.4. The van der Waals surface area contributed by atoms with Crippen molar-refractivity contribution in [2.45, 2.75) is 31.7 Å². The van der Waals surface area contributed by atoms with Gasteiger partial charge in [-0.25, -0.2) is 0 Å². The maximum atomic E-state index is 12.0. The van der Waals surface area contributed by atoms with Crippen molar-refractivity contribution >= 4 is 17.7 Å². The average molecular weight is 285 g/mol. The van der Waals surface area contributed by atoms with E-state index in [1.54, 1.807) is 12.1 Å². The summed E-state index contributed by atoms with van der Waals surface area (Å²) in [5.74, 6) is -0.470. The Kier molecular flexibility index (Phi) is 4.67. The predicted molar refractivity (Wildman–Crippen MR) is 77.1 cm³/mol. The lowest BCUT2D eigenvalue weighted by Crippen LogP contribution is -2.33. The Morgan fingerprint density at radius 3 is 2.67 bits per heavy atom. The summed E-state index contributed by atoms with van der Waals surface area (Å²) in [6.07, 6.45) is 5.23. The molecule has 1 aromatic rings. The molecule has 0 atom stereocenters. The van der Waals surface area contributed by atoms with E-state index in [1.807, 2.05) is 6.07 Å². The molecule has 1 amide bonds. The van der Waals surface area contributed by atoms with Crippen LogP contribution in [0.4, 0.5) is 5.69 Å². The summed E-state index contributed by atoms with van der Waals surface area (Å²) in [6.45, 7) is 0. The third-order valence-electron chi connectivity index (χ3n) is 3.49. The highest BCUT2D eigenvalue weighted by Gasteiger charge is 2.20. The molecule has 1 saturated carbocycles. The van der Waals surface area contributed by atoms with E-state index >= 15 is 0 Å². The SMILES string of the molecule is N#C/C(=C\c1ccccc1[N+](=O)[O-])C(=O)NC1CCCC1. The molecule has 1 aliphatic carbocycles. The molecule has 6 nitrogen and oxygen atoms in total. The predicted octanol–water partition coefficient (Wildman–Crippen LogP) is 2.56. The fraction of sp³-hybridized carbons (Fsp3) is 0.333. The fourth-order valence-electron chi connectivity index (χ4n) is 2.41. The topological polar surface area (TPSA) is 96.0 Å². The van der Waals surface area contributed by atoms with Crippen molar-refractivity contribution in [1.29, 1.82) is 5.26 Å². The molecular weight excluding hydrogens is 270 g/mol. The smallest absolute Gasteiger partial charge is 0.276 e. The van der Waals surface area contributed by atoms with E-state index in [2.05, 4.69) is 5.32 Å². The lowest BCUT2D eigenvalue weighted by molar-refractivity contribution is -0.385. The highest BCUT2D eigenvalue weighted by atomic mass is 16.6. The third kappa shape index (κ3) is 3.66. The highest BCUT2D eigenvalue weighted by Crippen LogP contribution is 2.21. The van der Waals surface area contributed by atoms with Gasteiger partial charge in [0.15, 0.2) is 0 Å². The van der Waals surface area contributed by atoms with Gasteiger partial charge < -0.3 is 5.32 Å². The largest absolute Gasteiger partial charge is 0.349 e. The Hall–Kier alpha value is -2.68. The van der Waals surface area contributed by atoms with Gasteiger partial charge in [-0.2, -0.15) is 5.26 Å². The van der Waals surface area contributed by atoms with Crippen LogP contribution in [0.3, 0.4) is 0 Å². The molecule has 0 aliphatic heterocycles. The normalized spacial score (nSPS) is 15.5. The molecule has 0 saturated heterocycles. The second-order valence-corrected chi connectivity index (χ2v) is 4.94. The van der Waals surface area contributed by atoms with Crippen LogP contribution in [-0.2, 0) is 4.79 Å². The zero-order valence-electron chi connectivity index (χ0n) is 11.4. The van der Waals surface area contributed by atoms with Crippen LogP contribution in [0.15, 0.2) is 29.8 Å². The highest BCUT2D eigenvalue weighted by molar-refractivity contribution is 6.02. The van der Waals surface area contributed by atoms with Crippen molar-refractivity contribution < 1.29 is 9.72 Å². The standard InChI is InChI=1S/C15H15N3O3/c16-10-12(15(19)17-13-6-2-3-7-13)9-11-5-1-4-8-14(11)18(20)21/h1,4-5,8-9,13H,2-3,6-7H2,(H,17,19)/b12-9+. The molecule has 1 N–H and O–H groups in total. The van der Waals surface area contributed by atoms with E-state index in [4.69, 9.17) is 5.26 Å². The molecule has 0 heterocycles. The van der Waals surface area contributed by atoms with E-state index in [-0.39, 0.29) is 22.9 Å². The minimum absolute atomic E-state index is 0.0972. The molecule has 108 valence electrons. The summed E-state index contributed by atoms with van der Waals surface area (Å²) in [5, 5.41) is 22.8. The van der Waals surface area contributed by atoms with Crippen molar-refractivity contribution in [3.63, 3.8) is 0 Å². The summed E-state index contributed by atoms with van der Waals surface area (Å²) >= 11 is 0. The maximum absolute atomic E-state index is 12.0. The number of nitro groups is 1. The second kappa shape index (κ2) is 6.66. The molecular formula is C15H15N3O3. The van der Waals surface area contributed by atoms with Crippen LogP contribution in [0.25, 0.3) is 6.08 Å². The third-order valence-corrected chi connectivity index (χ3v) is 3.49. The summed E-state index contributed by atoms with van der Waals surface area (Å²) in [4.78, 5) is 22.4. The Bertz CT molecular complexity index is 625. The molecule has 1 aromatic carbocycles. The molecule has 1 fully saturated rings. The van der Waals surface area contributed by atoms with Gasteiger partial charge in [-0.05, 0) is 25.0 Å². The van der Waals surface area contributed by atoms with E-state index in [0.29, 0.717) is 0 Å². The number of carbonyl (C=O) groups is 1. The van der Waals surface area contributed by atoms with Gasteiger partial charge in [-0.15, -0.1) is 0 Å². The monoisotopic (exact) mass is 285 g/mol. The summed E-state index contributed by atoms with van der Waals surface area (Å²) in [6, 6.07) is 7.94. The van der Waals surface area contributed by atoms with Crippen LogP contribution in [0.5, 0.6) is 0 Å². The van der Waals surface area contributed by atoms with Gasteiger partial charge >= 0.3 is 0 Å². The summed E-state index contributed by atoms with van der Waals surface area (Å²) < 4.78 is 0. The van der Waals surface area contributed by atoms with Crippen molar-refractivity contribution in [2.24, 2.45) is 0 Å². The number of benzene rings is 1. The number of nitro benzene ring substituents is 1. The van der Waals surface area contributed by atoms with Crippen LogP contribution in [0, 0.1) is 21.4 Å². The first kappa shape index (κ1) is 14.7. The summed E-state index contributed by atoms with van der Waals surface area (Å²) in [7, 11) is 0. The van der Waals surface area contributed by atoms with Crippen LogP contribution < -0.4 is 5.32 Å². The second-order valence-electron chi connectivity index (χ2n) is 4.94. The fourth-order valence-corrected chi connectivity index (χ4v) is 2.41. The first-order chi connectivity index (χ1) is 10.1. The van der Waals surface area contributed by atoms with E-state index in [0.717, 1.165) is 25.7 Å². The number of hydrogen-bond donors (Lipinski definition) is 1. The Labute approximate surface area is 122 Å². The maximum Gasteiger partial charge on any atom is 0.276 e. The van der Waals surface area contributed by atoms with Crippen molar-refractivity contribution in [2.75, 3.05) is 0 Å². The molecule has 0 spiro atoms.